The molecule has 7 heteroatoms. The average Bonchev–Trinajstić information content (AvgIpc) is 2.48. The summed E-state index contributed by atoms with van der Waals surface area (Å²) in [5.74, 6) is -0.0277. The van der Waals surface area contributed by atoms with Crippen LogP contribution in [-0.2, 0) is 19.1 Å². The molecular formula is C13H24N2O5. The summed E-state index contributed by atoms with van der Waals surface area (Å²) in [5, 5.41) is 9.49. The molecule has 0 aromatic heterocycles. The van der Waals surface area contributed by atoms with E-state index in [1.165, 1.54) is 4.90 Å². The fourth-order valence-electron chi connectivity index (χ4n) is 3.28. The van der Waals surface area contributed by atoms with E-state index < -0.39 is 6.29 Å². The van der Waals surface area contributed by atoms with E-state index in [1.54, 1.807) is 14.2 Å². The van der Waals surface area contributed by atoms with Crippen LogP contribution in [0, 0.1) is 0 Å². The van der Waals surface area contributed by atoms with Gasteiger partial charge in [0.2, 0.25) is 5.91 Å². The summed E-state index contributed by atoms with van der Waals surface area (Å²) in [5.41, 5.74) is 0. The van der Waals surface area contributed by atoms with E-state index in [1.807, 2.05) is 13.8 Å². The fraction of sp³-hybridized carbons (Fsp3) is 0.846. The highest BCUT2D eigenvalue weighted by atomic mass is 16.7. The first-order valence-corrected chi connectivity index (χ1v) is 6.63. The molecule has 0 aromatic carbocycles. The first kappa shape index (κ1) is 17.0. The third kappa shape index (κ3) is 2.85. The molecule has 2 heterocycles. The molecule has 1 N–H and O–H groups in total. The number of piperazine rings is 1. The van der Waals surface area contributed by atoms with Crippen LogP contribution in [0.1, 0.15) is 19.3 Å². The molecule has 2 bridgehead atoms. The van der Waals surface area contributed by atoms with Crippen molar-refractivity contribution in [1.29, 1.82) is 0 Å². The van der Waals surface area contributed by atoms with Crippen molar-refractivity contribution in [3.63, 3.8) is 0 Å². The molecule has 7 nitrogen and oxygen atoms in total. The van der Waals surface area contributed by atoms with Crippen molar-refractivity contribution in [3.05, 3.63) is 0 Å². The molecule has 2 aliphatic rings. The number of aliphatic hydroxyl groups is 1. The minimum atomic E-state index is -0.507. The second-order valence-corrected chi connectivity index (χ2v) is 4.96. The molecule has 2 saturated heterocycles. The normalized spacial score (nSPS) is 30.1. The Bertz CT molecular complexity index is 324. The van der Waals surface area contributed by atoms with Gasteiger partial charge in [-0.25, -0.2) is 0 Å². The van der Waals surface area contributed by atoms with Gasteiger partial charge in [0, 0.05) is 20.3 Å². The summed E-state index contributed by atoms with van der Waals surface area (Å²) in [7, 11) is 5.09. The van der Waals surface area contributed by atoms with Crippen LogP contribution in [0.25, 0.3) is 0 Å². The number of ether oxygens (including phenoxy) is 2. The van der Waals surface area contributed by atoms with Gasteiger partial charge in [-0.3, -0.25) is 9.69 Å². The molecule has 2 fully saturated rings. The molecule has 0 aromatic rings. The smallest absolute Gasteiger partial charge is 0.242 e. The van der Waals surface area contributed by atoms with Crippen molar-refractivity contribution in [2.24, 2.45) is 0 Å². The third-order valence-electron chi connectivity index (χ3n) is 4.21. The van der Waals surface area contributed by atoms with Gasteiger partial charge in [-0.05, 0) is 26.3 Å². The number of aliphatic hydroxyl groups excluding tert-OH is 1. The van der Waals surface area contributed by atoms with Gasteiger partial charge in [-0.1, -0.05) is 0 Å². The zero-order valence-electron chi connectivity index (χ0n) is 12.3. The van der Waals surface area contributed by atoms with Crippen molar-refractivity contribution < 1.29 is 24.2 Å². The first-order valence-electron chi connectivity index (χ1n) is 6.63. The number of carbonyl (C=O) groups is 2. The summed E-state index contributed by atoms with van der Waals surface area (Å²) in [6.07, 6.45) is 2.37. The number of amides is 1. The van der Waals surface area contributed by atoms with E-state index in [0.717, 1.165) is 19.3 Å². The third-order valence-corrected chi connectivity index (χ3v) is 4.21. The zero-order chi connectivity index (χ0) is 15.3. The molecule has 0 spiro atoms. The number of carbonyl (C=O) groups excluding carboxylic acids is 2. The Morgan fingerprint density at radius 1 is 1.35 bits per heavy atom. The number of likely N-dealkylation sites (N-methyl/N-ethyl adjacent to an activating group) is 1. The summed E-state index contributed by atoms with van der Waals surface area (Å²) in [6, 6.07) is -0.181. The lowest BCUT2D eigenvalue weighted by Gasteiger charge is -2.53. The van der Waals surface area contributed by atoms with E-state index in [0.29, 0.717) is 0 Å². The Hall–Kier alpha value is -1.02. The van der Waals surface area contributed by atoms with Crippen LogP contribution in [0.4, 0.5) is 0 Å². The van der Waals surface area contributed by atoms with Crippen molar-refractivity contribution in [3.8, 4) is 0 Å². The van der Waals surface area contributed by atoms with Gasteiger partial charge in [0.1, 0.15) is 19.6 Å². The standard InChI is InChI=1S/C12H22N2O4.CH2O/c1-13-8-5-4-6-9(13)11(16)14(7-15)10(8)12(17-2)18-3;1-2/h8-10,12,15H,4-7H2,1-3H3;1H2. The highest BCUT2D eigenvalue weighted by molar-refractivity contribution is 5.83. The highest BCUT2D eigenvalue weighted by Crippen LogP contribution is 2.34. The maximum atomic E-state index is 12.3. The van der Waals surface area contributed by atoms with Gasteiger partial charge in [0.25, 0.3) is 0 Å². The Morgan fingerprint density at radius 3 is 2.45 bits per heavy atom. The van der Waals surface area contributed by atoms with Crippen LogP contribution in [0.15, 0.2) is 0 Å². The quantitative estimate of drug-likeness (QED) is 0.698. The average molecular weight is 288 g/mol. The van der Waals surface area contributed by atoms with E-state index in [9.17, 15) is 9.90 Å². The Kier molecular flexibility index (Phi) is 6.54. The second kappa shape index (κ2) is 7.68. The summed E-state index contributed by atoms with van der Waals surface area (Å²) in [4.78, 5) is 23.9. The number of rotatable bonds is 4. The number of likely N-dealkylation sites (tertiary alicyclic amines) is 1. The molecule has 0 radical (unpaired) electrons. The van der Waals surface area contributed by atoms with Crippen LogP contribution in [0.5, 0.6) is 0 Å². The van der Waals surface area contributed by atoms with Crippen LogP contribution >= 0.6 is 0 Å². The van der Waals surface area contributed by atoms with Crippen LogP contribution in [-0.4, -0.2) is 80.0 Å². The minimum absolute atomic E-state index is 0.0277. The number of piperidine rings is 1. The lowest BCUT2D eigenvalue weighted by molar-refractivity contribution is -0.203. The summed E-state index contributed by atoms with van der Waals surface area (Å²) < 4.78 is 10.6. The van der Waals surface area contributed by atoms with Gasteiger partial charge in [-0.15, -0.1) is 0 Å². The van der Waals surface area contributed by atoms with Crippen molar-refractivity contribution >= 4 is 12.7 Å². The SMILES string of the molecule is C=O.COC(OC)C1C2CCCC(C(=O)N1CO)N2C. The van der Waals surface area contributed by atoms with E-state index in [4.69, 9.17) is 14.3 Å². The van der Waals surface area contributed by atoms with Gasteiger partial charge >= 0.3 is 0 Å². The van der Waals surface area contributed by atoms with E-state index in [2.05, 4.69) is 4.90 Å². The maximum Gasteiger partial charge on any atom is 0.242 e. The first-order chi connectivity index (χ1) is 9.65. The monoisotopic (exact) mass is 288 g/mol. The number of fused-ring (bicyclic) bond motifs is 2. The fourth-order valence-corrected chi connectivity index (χ4v) is 3.28. The van der Waals surface area contributed by atoms with Crippen molar-refractivity contribution in [2.75, 3.05) is 28.0 Å². The Balaban J connectivity index is 0.000000956. The Morgan fingerprint density at radius 2 is 1.95 bits per heavy atom. The highest BCUT2D eigenvalue weighted by Gasteiger charge is 2.50. The van der Waals surface area contributed by atoms with E-state index in [-0.39, 0.29) is 30.8 Å². The van der Waals surface area contributed by atoms with Crippen LogP contribution in [0.2, 0.25) is 0 Å². The van der Waals surface area contributed by atoms with Crippen LogP contribution < -0.4 is 0 Å². The van der Waals surface area contributed by atoms with Gasteiger partial charge in [0.15, 0.2) is 6.29 Å². The van der Waals surface area contributed by atoms with Crippen molar-refractivity contribution in [2.45, 2.75) is 43.7 Å². The van der Waals surface area contributed by atoms with Gasteiger partial charge in [-0.2, -0.15) is 0 Å². The lowest BCUT2D eigenvalue weighted by atomic mass is 9.86. The summed E-state index contributed by atoms with van der Waals surface area (Å²) >= 11 is 0. The Labute approximate surface area is 119 Å². The molecular weight excluding hydrogens is 264 g/mol. The molecule has 3 unspecified atom stereocenters. The van der Waals surface area contributed by atoms with Gasteiger partial charge < -0.3 is 24.3 Å². The minimum Gasteiger partial charge on any atom is -0.376 e. The predicted octanol–water partition coefficient (Wildman–Crippen LogP) is -0.566. The molecule has 2 rings (SSSR count). The topological polar surface area (TPSA) is 79.3 Å². The lowest BCUT2D eigenvalue weighted by Crippen LogP contribution is -2.70. The van der Waals surface area contributed by atoms with E-state index >= 15 is 0 Å². The van der Waals surface area contributed by atoms with Crippen LogP contribution in [0.3, 0.4) is 0 Å². The molecule has 20 heavy (non-hydrogen) atoms. The predicted molar refractivity (Wildman–Crippen MR) is 71.8 cm³/mol. The number of methoxy groups -OCH3 is 2. The number of hydrogen-bond donors (Lipinski definition) is 1. The molecule has 116 valence electrons. The largest absolute Gasteiger partial charge is 0.376 e. The molecule has 1 amide bonds. The zero-order valence-corrected chi connectivity index (χ0v) is 12.3. The molecule has 0 saturated carbocycles. The summed E-state index contributed by atoms with van der Waals surface area (Å²) in [6.45, 7) is 1.72. The second-order valence-electron chi connectivity index (χ2n) is 4.96. The maximum absolute atomic E-state index is 12.3. The number of hydrogen-bond acceptors (Lipinski definition) is 6. The molecule has 2 aliphatic heterocycles. The number of nitrogens with zero attached hydrogens (tertiary/aromatic N) is 2. The van der Waals surface area contributed by atoms with Crippen molar-refractivity contribution in [1.82, 2.24) is 9.80 Å². The molecule has 0 aliphatic carbocycles. The van der Waals surface area contributed by atoms with Gasteiger partial charge in [0.05, 0.1) is 6.04 Å². The molecule has 3 atom stereocenters.